The van der Waals surface area contributed by atoms with Crippen molar-refractivity contribution in [1.82, 2.24) is 0 Å². The molecule has 0 heterocycles. The predicted molar refractivity (Wildman–Crippen MR) is 62.4 cm³/mol. The zero-order valence-corrected chi connectivity index (χ0v) is 10.1. The molecule has 0 bridgehead atoms. The van der Waals surface area contributed by atoms with Crippen LogP contribution in [0.25, 0.3) is 0 Å². The summed E-state index contributed by atoms with van der Waals surface area (Å²) in [6, 6.07) is 5.04. The zero-order chi connectivity index (χ0) is 12.8. The second kappa shape index (κ2) is 6.24. The molecule has 1 aromatic carbocycles. The average molecular weight is 254 g/mol. The van der Waals surface area contributed by atoms with Gasteiger partial charge in [-0.1, -0.05) is 17.7 Å². The monoisotopic (exact) mass is 253 g/mol. The molecule has 0 saturated carbocycles. The minimum Gasteiger partial charge on any atom is -0.466 e. The molecule has 0 aliphatic heterocycles. The third kappa shape index (κ3) is 3.19. The number of carbonyl (C=O) groups excluding carboxylic acids is 1. The number of rotatable bonds is 4. The Morgan fingerprint density at radius 3 is 2.82 bits per heavy atom. The Labute approximate surface area is 104 Å². The van der Waals surface area contributed by atoms with E-state index >= 15 is 0 Å². The Morgan fingerprint density at radius 1 is 1.59 bits per heavy atom. The molecule has 5 heteroatoms. The fourth-order valence-electron chi connectivity index (χ4n) is 1.45. The Bertz CT molecular complexity index is 466. The molecule has 0 aliphatic rings. The van der Waals surface area contributed by atoms with Gasteiger partial charge in [0.1, 0.15) is 6.07 Å². The van der Waals surface area contributed by atoms with Crippen molar-refractivity contribution < 1.29 is 14.6 Å². The second-order valence-corrected chi connectivity index (χ2v) is 3.69. The van der Waals surface area contributed by atoms with E-state index in [4.69, 9.17) is 21.6 Å². The number of ether oxygens (including phenoxy) is 1. The van der Waals surface area contributed by atoms with Crippen molar-refractivity contribution in [1.29, 1.82) is 5.26 Å². The number of nitrogens with zero attached hydrogens (tertiary/aromatic N) is 1. The topological polar surface area (TPSA) is 70.3 Å². The highest BCUT2D eigenvalue weighted by Gasteiger charge is 2.14. The molecular weight excluding hydrogens is 242 g/mol. The molecule has 0 aromatic heterocycles. The van der Waals surface area contributed by atoms with Crippen LogP contribution < -0.4 is 0 Å². The van der Waals surface area contributed by atoms with Gasteiger partial charge in [-0.2, -0.15) is 5.26 Å². The number of nitriles is 1. The van der Waals surface area contributed by atoms with Gasteiger partial charge >= 0.3 is 5.97 Å². The zero-order valence-electron chi connectivity index (χ0n) is 9.36. The lowest BCUT2D eigenvalue weighted by Crippen LogP contribution is -2.10. The minimum atomic E-state index is -0.386. The van der Waals surface area contributed by atoms with Crippen LogP contribution in [0.5, 0.6) is 0 Å². The Hall–Kier alpha value is -1.57. The van der Waals surface area contributed by atoms with Gasteiger partial charge in [-0.15, -0.1) is 0 Å². The van der Waals surface area contributed by atoms with E-state index < -0.39 is 0 Å². The van der Waals surface area contributed by atoms with Crippen LogP contribution in [0.15, 0.2) is 12.1 Å². The van der Waals surface area contributed by atoms with Gasteiger partial charge < -0.3 is 9.84 Å². The first-order valence-electron chi connectivity index (χ1n) is 5.10. The third-order valence-corrected chi connectivity index (χ3v) is 2.69. The Kier molecular flexibility index (Phi) is 4.95. The number of hydrogen-bond acceptors (Lipinski definition) is 4. The van der Waals surface area contributed by atoms with E-state index in [0.29, 0.717) is 17.7 Å². The van der Waals surface area contributed by atoms with E-state index in [0.717, 1.165) is 0 Å². The third-order valence-electron chi connectivity index (χ3n) is 2.26. The Balaban J connectivity index is 3.05. The standard InChI is InChI=1S/C12H12ClNO3/c1-2-17-11(16)5-8-3-4-9(6-14)12(13)10(8)7-15/h3-4,15H,2,5,7H2,1H3. The largest absolute Gasteiger partial charge is 0.466 e. The van der Waals surface area contributed by atoms with Crippen molar-refractivity contribution in [2.24, 2.45) is 0 Å². The summed E-state index contributed by atoms with van der Waals surface area (Å²) in [6.07, 6.45) is 0.0369. The molecule has 0 amide bonds. The summed E-state index contributed by atoms with van der Waals surface area (Å²) < 4.78 is 4.81. The second-order valence-electron chi connectivity index (χ2n) is 3.32. The molecule has 1 N–H and O–H groups in total. The fourth-order valence-corrected chi connectivity index (χ4v) is 1.74. The molecule has 4 nitrogen and oxygen atoms in total. The van der Waals surface area contributed by atoms with Crippen molar-refractivity contribution in [3.8, 4) is 6.07 Å². The average Bonchev–Trinajstić information content (AvgIpc) is 2.30. The number of aliphatic hydroxyl groups excluding tert-OH is 1. The molecule has 0 atom stereocenters. The number of halogens is 1. The van der Waals surface area contributed by atoms with Crippen LogP contribution in [0, 0.1) is 11.3 Å². The van der Waals surface area contributed by atoms with Crippen LogP contribution in [-0.4, -0.2) is 17.7 Å². The molecule has 0 aliphatic carbocycles. The van der Waals surface area contributed by atoms with Gasteiger partial charge in [0.25, 0.3) is 0 Å². The van der Waals surface area contributed by atoms with Gasteiger partial charge in [0.2, 0.25) is 0 Å². The molecule has 0 spiro atoms. The lowest BCUT2D eigenvalue weighted by molar-refractivity contribution is -0.142. The van der Waals surface area contributed by atoms with Crippen LogP contribution in [-0.2, 0) is 22.6 Å². The summed E-state index contributed by atoms with van der Waals surface area (Å²) in [5.74, 6) is -0.386. The number of hydrogen-bond donors (Lipinski definition) is 1. The van der Waals surface area contributed by atoms with Gasteiger partial charge in [-0.25, -0.2) is 0 Å². The number of aliphatic hydroxyl groups is 1. The molecule has 0 saturated heterocycles. The summed E-state index contributed by atoms with van der Waals surface area (Å²) in [5, 5.41) is 18.2. The minimum absolute atomic E-state index is 0.0369. The molecule has 0 unspecified atom stereocenters. The number of benzene rings is 1. The highest BCUT2D eigenvalue weighted by atomic mass is 35.5. The summed E-state index contributed by atoms with van der Waals surface area (Å²) >= 11 is 5.94. The smallest absolute Gasteiger partial charge is 0.310 e. The summed E-state index contributed by atoms with van der Waals surface area (Å²) in [4.78, 5) is 11.3. The van der Waals surface area contributed by atoms with E-state index in [-0.39, 0.29) is 29.6 Å². The van der Waals surface area contributed by atoms with Gasteiger partial charge in [0.15, 0.2) is 0 Å². The van der Waals surface area contributed by atoms with E-state index in [9.17, 15) is 9.90 Å². The van der Waals surface area contributed by atoms with Crippen molar-refractivity contribution >= 4 is 17.6 Å². The van der Waals surface area contributed by atoms with Crippen LogP contribution in [0.1, 0.15) is 23.6 Å². The van der Waals surface area contributed by atoms with Crippen LogP contribution >= 0.6 is 11.6 Å². The first-order valence-corrected chi connectivity index (χ1v) is 5.48. The first-order chi connectivity index (χ1) is 8.13. The maximum Gasteiger partial charge on any atom is 0.310 e. The van der Waals surface area contributed by atoms with Gasteiger partial charge in [0, 0.05) is 5.56 Å². The van der Waals surface area contributed by atoms with E-state index in [1.807, 2.05) is 6.07 Å². The van der Waals surface area contributed by atoms with Crippen molar-refractivity contribution in [2.45, 2.75) is 20.0 Å². The Morgan fingerprint density at radius 2 is 2.29 bits per heavy atom. The summed E-state index contributed by atoms with van der Waals surface area (Å²) in [6.45, 7) is 1.71. The van der Waals surface area contributed by atoms with Crippen molar-refractivity contribution in [2.75, 3.05) is 6.61 Å². The molecular formula is C12H12ClNO3. The summed E-state index contributed by atoms with van der Waals surface area (Å²) in [7, 11) is 0. The maximum absolute atomic E-state index is 11.3. The normalized spacial score (nSPS) is 9.76. The first kappa shape index (κ1) is 13.5. The van der Waals surface area contributed by atoms with Gasteiger partial charge in [-0.05, 0) is 18.6 Å². The van der Waals surface area contributed by atoms with E-state index in [1.54, 1.807) is 13.0 Å². The van der Waals surface area contributed by atoms with Crippen LogP contribution in [0.3, 0.4) is 0 Å². The van der Waals surface area contributed by atoms with E-state index in [1.165, 1.54) is 6.07 Å². The predicted octanol–water partition coefficient (Wildman–Crippen LogP) is 1.81. The van der Waals surface area contributed by atoms with Crippen molar-refractivity contribution in [3.63, 3.8) is 0 Å². The van der Waals surface area contributed by atoms with Gasteiger partial charge in [0.05, 0.1) is 30.2 Å². The lowest BCUT2D eigenvalue weighted by Gasteiger charge is -2.09. The number of carbonyl (C=O) groups is 1. The molecule has 0 radical (unpaired) electrons. The molecule has 0 fully saturated rings. The lowest BCUT2D eigenvalue weighted by atomic mass is 10.0. The summed E-state index contributed by atoms with van der Waals surface area (Å²) in [5.41, 5.74) is 1.26. The molecule has 1 aromatic rings. The molecule has 90 valence electrons. The molecule has 17 heavy (non-hydrogen) atoms. The van der Waals surface area contributed by atoms with Crippen LogP contribution in [0.4, 0.5) is 0 Å². The highest BCUT2D eigenvalue weighted by molar-refractivity contribution is 6.32. The maximum atomic E-state index is 11.3. The fraction of sp³-hybridized carbons (Fsp3) is 0.333. The molecule has 1 rings (SSSR count). The quantitative estimate of drug-likeness (QED) is 0.831. The number of esters is 1. The van der Waals surface area contributed by atoms with E-state index in [2.05, 4.69) is 0 Å². The SMILES string of the molecule is CCOC(=O)Cc1ccc(C#N)c(Cl)c1CO. The highest BCUT2D eigenvalue weighted by Crippen LogP contribution is 2.25. The van der Waals surface area contributed by atoms with Crippen molar-refractivity contribution in [3.05, 3.63) is 33.8 Å². The van der Waals surface area contributed by atoms with Crippen LogP contribution in [0.2, 0.25) is 5.02 Å². The van der Waals surface area contributed by atoms with Gasteiger partial charge in [-0.3, -0.25) is 4.79 Å².